The van der Waals surface area contributed by atoms with Crippen molar-refractivity contribution < 1.29 is 8.42 Å². The van der Waals surface area contributed by atoms with Crippen molar-refractivity contribution in [2.45, 2.75) is 18.7 Å². The molecule has 1 aromatic heterocycles. The lowest BCUT2D eigenvalue weighted by atomic mass is 10.3. The summed E-state index contributed by atoms with van der Waals surface area (Å²) in [6.07, 6.45) is 0. The van der Waals surface area contributed by atoms with Gasteiger partial charge in [-0.15, -0.1) is 0 Å². The van der Waals surface area contributed by atoms with Crippen LogP contribution in [-0.4, -0.2) is 18.6 Å². The number of rotatable bonds is 3. The Morgan fingerprint density at radius 1 is 1.21 bits per heavy atom. The molecule has 0 saturated heterocycles. The lowest BCUT2D eigenvalue weighted by Crippen LogP contribution is -2.14. The maximum Gasteiger partial charge on any atom is 0.263 e. The zero-order chi connectivity index (χ0) is 14.2. The summed E-state index contributed by atoms with van der Waals surface area (Å²) in [6, 6.07) is 4.10. The number of hydrogen-bond donors (Lipinski definition) is 2. The van der Waals surface area contributed by atoms with Crippen molar-refractivity contribution in [2.75, 3.05) is 4.72 Å². The molecule has 0 radical (unpaired) electrons. The van der Waals surface area contributed by atoms with E-state index in [1.807, 2.05) is 0 Å². The van der Waals surface area contributed by atoms with Crippen LogP contribution in [0.15, 0.2) is 23.1 Å². The van der Waals surface area contributed by atoms with E-state index >= 15 is 0 Å². The highest BCUT2D eigenvalue weighted by Crippen LogP contribution is 2.26. The topological polar surface area (TPSA) is 74.8 Å². The molecule has 0 fully saturated rings. The van der Waals surface area contributed by atoms with Crippen molar-refractivity contribution in [3.8, 4) is 0 Å². The Balaban J connectivity index is 2.37. The van der Waals surface area contributed by atoms with E-state index in [2.05, 4.69) is 14.9 Å². The Morgan fingerprint density at radius 2 is 1.89 bits per heavy atom. The summed E-state index contributed by atoms with van der Waals surface area (Å²) in [6.45, 7) is 3.57. The molecule has 0 saturated carbocycles. The maximum atomic E-state index is 12.2. The van der Waals surface area contributed by atoms with Crippen molar-refractivity contribution >= 4 is 39.0 Å². The van der Waals surface area contributed by atoms with Crippen molar-refractivity contribution in [1.82, 2.24) is 10.2 Å². The Bertz CT molecular complexity index is 726. The highest BCUT2D eigenvalue weighted by molar-refractivity contribution is 7.92. The molecule has 2 N–H and O–H groups in total. The largest absolute Gasteiger partial charge is 0.280 e. The number of nitrogens with one attached hydrogen (secondary N) is 2. The number of aromatic amines is 1. The standard InChI is InChI=1S/C11H11Cl2N3O2S/c1-6-7(2)14-15-11(6)16-19(17,18)8-3-4-9(12)10(13)5-8/h3-5H,1-2H3,(H2,14,15,16). The number of anilines is 1. The predicted molar refractivity (Wildman–Crippen MR) is 75.3 cm³/mol. The van der Waals surface area contributed by atoms with Gasteiger partial charge in [0, 0.05) is 11.3 Å². The molecule has 1 heterocycles. The molecule has 2 aromatic rings. The number of hydrogen-bond acceptors (Lipinski definition) is 3. The minimum Gasteiger partial charge on any atom is -0.280 e. The average Bonchev–Trinajstić information content (AvgIpc) is 2.64. The first-order valence-electron chi connectivity index (χ1n) is 5.30. The van der Waals surface area contributed by atoms with Crippen LogP contribution in [0.5, 0.6) is 0 Å². The molecule has 0 unspecified atom stereocenters. The van der Waals surface area contributed by atoms with E-state index in [4.69, 9.17) is 23.2 Å². The minimum atomic E-state index is -3.74. The van der Waals surface area contributed by atoms with E-state index in [-0.39, 0.29) is 15.7 Å². The average molecular weight is 320 g/mol. The van der Waals surface area contributed by atoms with Gasteiger partial charge in [0.05, 0.1) is 14.9 Å². The number of aromatic nitrogens is 2. The third-order valence-corrected chi connectivity index (χ3v) is 4.76. The van der Waals surface area contributed by atoms with Crippen LogP contribution in [0.4, 0.5) is 5.82 Å². The van der Waals surface area contributed by atoms with Crippen molar-refractivity contribution in [3.63, 3.8) is 0 Å². The molecule has 19 heavy (non-hydrogen) atoms. The van der Waals surface area contributed by atoms with Crippen LogP contribution in [0.3, 0.4) is 0 Å². The fraction of sp³-hybridized carbons (Fsp3) is 0.182. The highest BCUT2D eigenvalue weighted by Gasteiger charge is 2.18. The van der Waals surface area contributed by atoms with Crippen LogP contribution < -0.4 is 4.72 Å². The number of aryl methyl sites for hydroxylation is 1. The van der Waals surface area contributed by atoms with Gasteiger partial charge in [-0.2, -0.15) is 5.10 Å². The maximum absolute atomic E-state index is 12.2. The first-order chi connectivity index (χ1) is 8.81. The minimum absolute atomic E-state index is 0.0296. The SMILES string of the molecule is Cc1[nH]nc(NS(=O)(=O)c2ccc(Cl)c(Cl)c2)c1C. The number of sulfonamides is 1. The van der Waals surface area contributed by atoms with Gasteiger partial charge >= 0.3 is 0 Å². The van der Waals surface area contributed by atoms with Gasteiger partial charge in [0.2, 0.25) is 0 Å². The van der Waals surface area contributed by atoms with Gasteiger partial charge in [-0.05, 0) is 32.0 Å². The molecule has 5 nitrogen and oxygen atoms in total. The van der Waals surface area contributed by atoms with Gasteiger partial charge in [-0.25, -0.2) is 8.42 Å². The Kier molecular flexibility index (Phi) is 3.75. The van der Waals surface area contributed by atoms with Crippen LogP contribution in [-0.2, 0) is 10.0 Å². The van der Waals surface area contributed by atoms with Gasteiger partial charge in [-0.1, -0.05) is 23.2 Å². The number of halogens is 2. The van der Waals surface area contributed by atoms with E-state index in [9.17, 15) is 8.42 Å². The fourth-order valence-corrected chi connectivity index (χ4v) is 2.87. The van der Waals surface area contributed by atoms with Crippen molar-refractivity contribution in [3.05, 3.63) is 39.5 Å². The van der Waals surface area contributed by atoms with E-state index in [0.29, 0.717) is 5.02 Å². The normalized spacial score (nSPS) is 11.6. The monoisotopic (exact) mass is 319 g/mol. The predicted octanol–water partition coefficient (Wildman–Crippen LogP) is 3.13. The lowest BCUT2D eigenvalue weighted by molar-refractivity contribution is 0.601. The summed E-state index contributed by atoms with van der Waals surface area (Å²) in [5.74, 6) is 0.267. The second kappa shape index (κ2) is 5.03. The summed E-state index contributed by atoms with van der Waals surface area (Å²) in [5.41, 5.74) is 1.54. The van der Waals surface area contributed by atoms with Gasteiger partial charge in [-0.3, -0.25) is 9.82 Å². The van der Waals surface area contributed by atoms with Crippen LogP contribution in [0.2, 0.25) is 10.0 Å². The molecule has 2 rings (SSSR count). The molecule has 1 aromatic carbocycles. The van der Waals surface area contributed by atoms with Gasteiger partial charge in [0.15, 0.2) is 5.82 Å². The van der Waals surface area contributed by atoms with E-state index < -0.39 is 10.0 Å². The zero-order valence-electron chi connectivity index (χ0n) is 10.2. The summed E-state index contributed by atoms with van der Waals surface area (Å²) in [7, 11) is -3.74. The smallest absolute Gasteiger partial charge is 0.263 e. The molecule has 0 atom stereocenters. The molecule has 8 heteroatoms. The second-order valence-electron chi connectivity index (χ2n) is 4.00. The van der Waals surface area contributed by atoms with E-state index in [0.717, 1.165) is 11.3 Å². The summed E-state index contributed by atoms with van der Waals surface area (Å²) >= 11 is 11.6. The molecule has 0 spiro atoms. The van der Waals surface area contributed by atoms with E-state index in [1.165, 1.54) is 18.2 Å². The zero-order valence-corrected chi connectivity index (χ0v) is 12.5. The summed E-state index contributed by atoms with van der Waals surface area (Å²) in [4.78, 5) is 0.0296. The van der Waals surface area contributed by atoms with E-state index in [1.54, 1.807) is 13.8 Å². The molecule has 0 bridgehead atoms. The molecule has 0 aliphatic carbocycles. The lowest BCUT2D eigenvalue weighted by Gasteiger charge is -2.07. The summed E-state index contributed by atoms with van der Waals surface area (Å²) < 4.78 is 26.7. The molecule has 0 aliphatic rings. The second-order valence-corrected chi connectivity index (χ2v) is 6.50. The Labute approximate surface area is 121 Å². The molecule has 102 valence electrons. The van der Waals surface area contributed by atoms with Gasteiger partial charge in [0.1, 0.15) is 0 Å². The number of benzene rings is 1. The third-order valence-electron chi connectivity index (χ3n) is 2.69. The molecule has 0 amide bonds. The Morgan fingerprint density at radius 3 is 2.42 bits per heavy atom. The van der Waals surface area contributed by atoms with Crippen LogP contribution in [0, 0.1) is 13.8 Å². The summed E-state index contributed by atoms with van der Waals surface area (Å²) in [5, 5.41) is 7.08. The van der Waals surface area contributed by atoms with Crippen LogP contribution in [0.25, 0.3) is 0 Å². The first kappa shape index (κ1) is 14.2. The van der Waals surface area contributed by atoms with Crippen LogP contribution in [0.1, 0.15) is 11.3 Å². The quantitative estimate of drug-likeness (QED) is 0.912. The van der Waals surface area contributed by atoms with Crippen molar-refractivity contribution in [1.29, 1.82) is 0 Å². The van der Waals surface area contributed by atoms with Gasteiger partial charge in [0.25, 0.3) is 10.0 Å². The van der Waals surface area contributed by atoms with Crippen molar-refractivity contribution in [2.24, 2.45) is 0 Å². The third kappa shape index (κ3) is 2.86. The van der Waals surface area contributed by atoms with Gasteiger partial charge < -0.3 is 0 Å². The first-order valence-corrected chi connectivity index (χ1v) is 7.54. The van der Waals surface area contributed by atoms with Crippen LogP contribution >= 0.6 is 23.2 Å². The fourth-order valence-electron chi connectivity index (χ4n) is 1.41. The highest BCUT2D eigenvalue weighted by atomic mass is 35.5. The molecule has 0 aliphatic heterocycles. The molecular weight excluding hydrogens is 309 g/mol. The number of nitrogens with zero attached hydrogens (tertiary/aromatic N) is 1. The Hall–Kier alpha value is -1.24. The number of H-pyrrole nitrogens is 1. The molecular formula is C11H11Cl2N3O2S.